The molecule has 2 saturated carbocycles. The summed E-state index contributed by atoms with van der Waals surface area (Å²) in [5.41, 5.74) is 2.55. The maximum Gasteiger partial charge on any atom is 0.407 e. The standard InChI is InChI=1S/C26H39N3O3/c1-6-32-23(31)28-25(5)14-19(15-25)22(30)29-12-10-26(11-13-29)16-18(17-26)20-8-7-9-21(27-20)24(2,3)4/h7-9,18-19H,6,10-17H2,1-5H3,(H,28,31)/t19-,25+. The number of likely N-dealkylation sites (tertiary alicyclic amines) is 1. The number of ether oxygens (including phenoxy) is 1. The van der Waals surface area contributed by atoms with Crippen LogP contribution in [0.1, 0.15) is 90.4 Å². The second-order valence-corrected chi connectivity index (χ2v) is 11.6. The summed E-state index contributed by atoms with van der Waals surface area (Å²) in [6.45, 7) is 12.5. The number of amides is 2. The largest absolute Gasteiger partial charge is 0.450 e. The fourth-order valence-electron chi connectivity index (χ4n) is 5.88. The van der Waals surface area contributed by atoms with Crippen LogP contribution >= 0.6 is 0 Å². The van der Waals surface area contributed by atoms with Crippen LogP contribution in [0.4, 0.5) is 4.79 Å². The number of pyridine rings is 1. The molecule has 0 aromatic carbocycles. The van der Waals surface area contributed by atoms with Gasteiger partial charge >= 0.3 is 6.09 Å². The summed E-state index contributed by atoms with van der Waals surface area (Å²) in [4.78, 5) is 31.7. The van der Waals surface area contributed by atoms with Crippen molar-refractivity contribution >= 4 is 12.0 Å². The molecule has 0 atom stereocenters. The van der Waals surface area contributed by atoms with Gasteiger partial charge in [0.1, 0.15) is 0 Å². The van der Waals surface area contributed by atoms with Gasteiger partial charge in [0, 0.05) is 47.3 Å². The van der Waals surface area contributed by atoms with E-state index in [2.05, 4.69) is 49.2 Å². The first-order valence-corrected chi connectivity index (χ1v) is 12.2. The van der Waals surface area contributed by atoms with Gasteiger partial charge in [0.15, 0.2) is 0 Å². The van der Waals surface area contributed by atoms with E-state index in [9.17, 15) is 9.59 Å². The van der Waals surface area contributed by atoms with Crippen molar-refractivity contribution in [3.05, 3.63) is 29.6 Å². The lowest BCUT2D eigenvalue weighted by atomic mass is 9.56. The molecule has 1 N–H and O–H groups in total. The summed E-state index contributed by atoms with van der Waals surface area (Å²) in [5, 5.41) is 2.91. The summed E-state index contributed by atoms with van der Waals surface area (Å²) in [6, 6.07) is 6.47. The maximum absolute atomic E-state index is 13.0. The van der Waals surface area contributed by atoms with Gasteiger partial charge < -0.3 is 15.0 Å². The highest BCUT2D eigenvalue weighted by Gasteiger charge is 2.50. The Labute approximate surface area is 192 Å². The number of rotatable bonds is 4. The Morgan fingerprint density at radius 3 is 2.41 bits per heavy atom. The zero-order valence-electron chi connectivity index (χ0n) is 20.4. The monoisotopic (exact) mass is 441 g/mol. The molecule has 2 amide bonds. The molecule has 0 radical (unpaired) electrons. The molecule has 2 heterocycles. The average Bonchev–Trinajstić information content (AvgIpc) is 2.69. The number of aromatic nitrogens is 1. The van der Waals surface area contributed by atoms with Gasteiger partial charge in [-0.2, -0.15) is 0 Å². The smallest absolute Gasteiger partial charge is 0.407 e. The van der Waals surface area contributed by atoms with Crippen LogP contribution in [-0.2, 0) is 14.9 Å². The third-order valence-corrected chi connectivity index (χ3v) is 7.87. The highest BCUT2D eigenvalue weighted by Crippen LogP contribution is 2.56. The third kappa shape index (κ3) is 4.65. The van der Waals surface area contributed by atoms with Crippen molar-refractivity contribution in [2.45, 2.75) is 90.0 Å². The molecule has 4 rings (SSSR count). The molecule has 32 heavy (non-hydrogen) atoms. The van der Waals surface area contributed by atoms with Crippen molar-refractivity contribution in [2.24, 2.45) is 11.3 Å². The summed E-state index contributed by atoms with van der Waals surface area (Å²) in [7, 11) is 0. The molecule has 1 saturated heterocycles. The van der Waals surface area contributed by atoms with E-state index < -0.39 is 0 Å². The molecule has 1 spiro atoms. The highest BCUT2D eigenvalue weighted by atomic mass is 16.5. The number of nitrogens with zero attached hydrogens (tertiary/aromatic N) is 2. The zero-order chi connectivity index (χ0) is 23.1. The molecule has 1 aromatic heterocycles. The lowest BCUT2D eigenvalue weighted by molar-refractivity contribution is -0.144. The Kier molecular flexibility index (Phi) is 6.01. The molecule has 3 fully saturated rings. The quantitative estimate of drug-likeness (QED) is 0.730. The fourth-order valence-corrected chi connectivity index (χ4v) is 5.88. The lowest BCUT2D eigenvalue weighted by Crippen LogP contribution is -2.59. The molecule has 0 bridgehead atoms. The van der Waals surface area contributed by atoms with E-state index in [-0.39, 0.29) is 28.9 Å². The first-order chi connectivity index (χ1) is 15.0. The van der Waals surface area contributed by atoms with E-state index >= 15 is 0 Å². The number of carbonyl (C=O) groups excluding carboxylic acids is 2. The summed E-state index contributed by atoms with van der Waals surface area (Å²) < 4.78 is 4.98. The van der Waals surface area contributed by atoms with Crippen LogP contribution in [0.15, 0.2) is 18.2 Å². The van der Waals surface area contributed by atoms with Crippen molar-refractivity contribution in [2.75, 3.05) is 19.7 Å². The fraction of sp³-hybridized carbons (Fsp3) is 0.731. The molecule has 1 aliphatic heterocycles. The minimum atomic E-state index is -0.386. The molecule has 6 nitrogen and oxygen atoms in total. The minimum Gasteiger partial charge on any atom is -0.450 e. The number of hydrogen-bond donors (Lipinski definition) is 1. The number of hydrogen-bond acceptors (Lipinski definition) is 4. The second kappa shape index (κ2) is 8.35. The Morgan fingerprint density at radius 2 is 1.81 bits per heavy atom. The predicted molar refractivity (Wildman–Crippen MR) is 124 cm³/mol. The normalized spacial score (nSPS) is 27.4. The topological polar surface area (TPSA) is 71.5 Å². The van der Waals surface area contributed by atoms with Crippen LogP contribution < -0.4 is 5.32 Å². The van der Waals surface area contributed by atoms with E-state index in [0.29, 0.717) is 30.8 Å². The van der Waals surface area contributed by atoms with Crippen LogP contribution in [-0.4, -0.2) is 47.1 Å². The minimum absolute atomic E-state index is 0.0226. The maximum atomic E-state index is 13.0. The average molecular weight is 442 g/mol. The van der Waals surface area contributed by atoms with Crippen LogP contribution in [0, 0.1) is 11.3 Å². The lowest BCUT2D eigenvalue weighted by Gasteiger charge is -2.53. The highest BCUT2D eigenvalue weighted by molar-refractivity contribution is 5.81. The van der Waals surface area contributed by atoms with E-state index in [1.807, 2.05) is 6.92 Å². The van der Waals surface area contributed by atoms with E-state index in [1.54, 1.807) is 6.92 Å². The molecule has 1 aromatic rings. The Balaban J connectivity index is 1.24. The van der Waals surface area contributed by atoms with Gasteiger partial charge in [0.05, 0.1) is 6.61 Å². The Bertz CT molecular complexity index is 853. The molecule has 6 heteroatoms. The number of carbonyl (C=O) groups is 2. The van der Waals surface area contributed by atoms with E-state index in [4.69, 9.17) is 9.72 Å². The first kappa shape index (κ1) is 23.1. The van der Waals surface area contributed by atoms with Crippen LogP contribution in [0.2, 0.25) is 0 Å². The predicted octanol–water partition coefficient (Wildman–Crippen LogP) is 4.78. The molecular formula is C26H39N3O3. The van der Waals surface area contributed by atoms with Crippen LogP contribution in [0.25, 0.3) is 0 Å². The van der Waals surface area contributed by atoms with Gasteiger partial charge in [-0.1, -0.05) is 26.8 Å². The molecule has 0 unspecified atom stereocenters. The number of piperidine rings is 1. The van der Waals surface area contributed by atoms with Gasteiger partial charge in [-0.05, 0) is 69.9 Å². The SMILES string of the molecule is CCOC(=O)N[C@]1(C)C[C@H](C(=O)N2CCC3(CC2)CC(c2cccc(C(C)(C)C)n2)C3)C1. The number of alkyl carbamates (subject to hydrolysis) is 1. The third-order valence-electron chi connectivity index (χ3n) is 7.87. The van der Waals surface area contributed by atoms with Gasteiger partial charge in [0.2, 0.25) is 5.91 Å². The van der Waals surface area contributed by atoms with Crippen molar-refractivity contribution in [1.82, 2.24) is 15.2 Å². The van der Waals surface area contributed by atoms with Crippen molar-refractivity contribution < 1.29 is 14.3 Å². The van der Waals surface area contributed by atoms with Gasteiger partial charge in [-0.15, -0.1) is 0 Å². The molecule has 2 aliphatic carbocycles. The Hall–Kier alpha value is -2.11. The summed E-state index contributed by atoms with van der Waals surface area (Å²) >= 11 is 0. The molecule has 176 valence electrons. The van der Waals surface area contributed by atoms with Crippen molar-refractivity contribution in [3.8, 4) is 0 Å². The van der Waals surface area contributed by atoms with Gasteiger partial charge in [-0.3, -0.25) is 9.78 Å². The van der Waals surface area contributed by atoms with Gasteiger partial charge in [-0.25, -0.2) is 4.79 Å². The first-order valence-electron chi connectivity index (χ1n) is 12.2. The number of nitrogens with one attached hydrogen (secondary N) is 1. The molecule has 3 aliphatic rings. The Morgan fingerprint density at radius 1 is 1.16 bits per heavy atom. The van der Waals surface area contributed by atoms with E-state index in [0.717, 1.165) is 25.9 Å². The van der Waals surface area contributed by atoms with Crippen LogP contribution in [0.5, 0.6) is 0 Å². The van der Waals surface area contributed by atoms with E-state index in [1.165, 1.54) is 24.2 Å². The van der Waals surface area contributed by atoms with Crippen molar-refractivity contribution in [3.63, 3.8) is 0 Å². The summed E-state index contributed by atoms with van der Waals surface area (Å²) in [6.07, 6.45) is 5.59. The second-order valence-electron chi connectivity index (χ2n) is 11.6. The summed E-state index contributed by atoms with van der Waals surface area (Å²) in [5.74, 6) is 0.841. The zero-order valence-corrected chi connectivity index (χ0v) is 20.4. The van der Waals surface area contributed by atoms with Crippen molar-refractivity contribution in [1.29, 1.82) is 0 Å². The van der Waals surface area contributed by atoms with Gasteiger partial charge in [0.25, 0.3) is 0 Å². The van der Waals surface area contributed by atoms with Crippen LogP contribution in [0.3, 0.4) is 0 Å². The molecular weight excluding hydrogens is 402 g/mol.